The fourth-order valence-corrected chi connectivity index (χ4v) is 2.21. The summed E-state index contributed by atoms with van der Waals surface area (Å²) in [5.41, 5.74) is -0.615. The van der Waals surface area contributed by atoms with Gasteiger partial charge >= 0.3 is 11.9 Å². The summed E-state index contributed by atoms with van der Waals surface area (Å²) in [4.78, 5) is 24.4. The number of carbonyl (C=O) groups excluding carboxylic acids is 2. The first-order valence-corrected chi connectivity index (χ1v) is 6.67. The van der Waals surface area contributed by atoms with Gasteiger partial charge in [-0.15, -0.1) is 0 Å². The van der Waals surface area contributed by atoms with Crippen LogP contribution in [0.5, 0.6) is 0 Å². The van der Waals surface area contributed by atoms with Crippen LogP contribution in [0.3, 0.4) is 0 Å². The minimum Gasteiger partial charge on any atom is -0.468 e. The number of ether oxygens (including phenoxy) is 3. The lowest BCUT2D eigenvalue weighted by Crippen LogP contribution is -2.42. The van der Waals surface area contributed by atoms with Crippen LogP contribution in [0.1, 0.15) is 40.5 Å². The third-order valence-electron chi connectivity index (χ3n) is 3.71. The Morgan fingerprint density at radius 3 is 1.95 bits per heavy atom. The van der Waals surface area contributed by atoms with Crippen molar-refractivity contribution in [2.45, 2.75) is 52.2 Å². The molecule has 1 heterocycles. The van der Waals surface area contributed by atoms with Crippen LogP contribution in [0.2, 0.25) is 0 Å². The fourth-order valence-electron chi connectivity index (χ4n) is 2.21. The summed E-state index contributed by atoms with van der Waals surface area (Å²) >= 11 is 0. The zero-order valence-corrected chi connectivity index (χ0v) is 13.1. The molecule has 0 N–H and O–H groups in total. The molecule has 1 unspecified atom stereocenters. The number of hydrogen-bond donors (Lipinski definition) is 0. The molecule has 1 aliphatic rings. The first kappa shape index (κ1) is 16.7. The molecule has 0 aromatic rings. The normalized spacial score (nSPS) is 20.0. The lowest BCUT2D eigenvalue weighted by atomic mass is 9.78. The van der Waals surface area contributed by atoms with Crippen LogP contribution >= 0.6 is 0 Å². The summed E-state index contributed by atoms with van der Waals surface area (Å²) in [6, 6.07) is 0. The standard InChI is InChI=1S/C15H24O5/c1-10(2)7-8-15(12(16)18-5,13(17)19-6)9-11-14(3,4)20-11/h7,11H,8-9H2,1-6H3. The summed E-state index contributed by atoms with van der Waals surface area (Å²) in [6.07, 6.45) is 2.23. The number of hydrogen-bond acceptors (Lipinski definition) is 5. The van der Waals surface area contributed by atoms with E-state index in [9.17, 15) is 9.59 Å². The van der Waals surface area contributed by atoms with Crippen molar-refractivity contribution in [2.24, 2.45) is 5.41 Å². The van der Waals surface area contributed by atoms with Crippen molar-refractivity contribution < 1.29 is 23.8 Å². The lowest BCUT2D eigenvalue weighted by molar-refractivity contribution is -0.170. The largest absolute Gasteiger partial charge is 0.468 e. The minimum absolute atomic E-state index is 0.147. The van der Waals surface area contributed by atoms with Crippen molar-refractivity contribution in [1.82, 2.24) is 0 Å². The van der Waals surface area contributed by atoms with Crippen LogP contribution in [-0.4, -0.2) is 37.9 Å². The first-order chi connectivity index (χ1) is 9.19. The van der Waals surface area contributed by atoms with Gasteiger partial charge in [-0.2, -0.15) is 0 Å². The highest BCUT2D eigenvalue weighted by atomic mass is 16.6. The Bertz CT molecular complexity index is 402. The third kappa shape index (κ3) is 3.39. The molecule has 114 valence electrons. The molecular formula is C15H24O5. The number of carbonyl (C=O) groups is 2. The Morgan fingerprint density at radius 2 is 1.65 bits per heavy atom. The van der Waals surface area contributed by atoms with Crippen molar-refractivity contribution in [3.05, 3.63) is 11.6 Å². The molecule has 0 aliphatic carbocycles. The molecule has 0 amide bonds. The van der Waals surface area contributed by atoms with Gasteiger partial charge in [0, 0.05) is 6.42 Å². The molecule has 0 saturated carbocycles. The highest BCUT2D eigenvalue weighted by Gasteiger charge is 2.57. The van der Waals surface area contributed by atoms with Gasteiger partial charge in [0.15, 0.2) is 5.41 Å². The van der Waals surface area contributed by atoms with Crippen molar-refractivity contribution in [1.29, 1.82) is 0 Å². The van der Waals surface area contributed by atoms with Gasteiger partial charge in [0.25, 0.3) is 0 Å². The second-order valence-corrected chi connectivity index (χ2v) is 5.96. The van der Waals surface area contributed by atoms with Crippen LogP contribution < -0.4 is 0 Å². The van der Waals surface area contributed by atoms with Crippen LogP contribution in [-0.2, 0) is 23.8 Å². The van der Waals surface area contributed by atoms with Gasteiger partial charge in [0.1, 0.15) is 0 Å². The quantitative estimate of drug-likeness (QED) is 0.324. The van der Waals surface area contributed by atoms with Crippen molar-refractivity contribution in [3.8, 4) is 0 Å². The SMILES string of the molecule is COC(=O)C(CC=C(C)C)(CC1OC1(C)C)C(=O)OC. The van der Waals surface area contributed by atoms with Gasteiger partial charge in [0.2, 0.25) is 0 Å². The van der Waals surface area contributed by atoms with E-state index in [0.29, 0.717) is 0 Å². The number of esters is 2. The van der Waals surface area contributed by atoms with E-state index in [4.69, 9.17) is 14.2 Å². The van der Waals surface area contributed by atoms with Gasteiger partial charge < -0.3 is 14.2 Å². The molecule has 1 aliphatic heterocycles. The molecule has 1 fully saturated rings. The average molecular weight is 284 g/mol. The van der Waals surface area contributed by atoms with Crippen LogP contribution in [0.15, 0.2) is 11.6 Å². The van der Waals surface area contributed by atoms with E-state index in [-0.39, 0.29) is 24.5 Å². The molecule has 5 nitrogen and oxygen atoms in total. The van der Waals surface area contributed by atoms with E-state index in [1.54, 1.807) is 0 Å². The van der Waals surface area contributed by atoms with Gasteiger partial charge in [-0.25, -0.2) is 0 Å². The van der Waals surface area contributed by atoms with Gasteiger partial charge in [-0.1, -0.05) is 11.6 Å². The third-order valence-corrected chi connectivity index (χ3v) is 3.71. The summed E-state index contributed by atoms with van der Waals surface area (Å²) in [6.45, 7) is 7.68. The number of rotatable bonds is 6. The maximum absolute atomic E-state index is 12.2. The van der Waals surface area contributed by atoms with Gasteiger partial charge in [0.05, 0.1) is 25.9 Å². The average Bonchev–Trinajstić information content (AvgIpc) is 2.99. The Labute approximate surface area is 120 Å². The molecule has 0 aromatic heterocycles. The minimum atomic E-state index is -1.33. The Morgan fingerprint density at radius 1 is 1.20 bits per heavy atom. The van der Waals surface area contributed by atoms with Crippen molar-refractivity contribution >= 4 is 11.9 Å². The smallest absolute Gasteiger partial charge is 0.323 e. The molecule has 0 aromatic carbocycles. The topological polar surface area (TPSA) is 65.1 Å². The monoisotopic (exact) mass is 284 g/mol. The molecular weight excluding hydrogens is 260 g/mol. The molecule has 20 heavy (non-hydrogen) atoms. The Kier molecular flexibility index (Phi) is 4.97. The summed E-state index contributed by atoms with van der Waals surface area (Å²) in [7, 11) is 2.56. The van der Waals surface area contributed by atoms with E-state index < -0.39 is 17.4 Å². The van der Waals surface area contributed by atoms with Gasteiger partial charge in [-0.05, 0) is 34.1 Å². The molecule has 1 rings (SSSR count). The van der Waals surface area contributed by atoms with E-state index in [2.05, 4.69) is 0 Å². The Balaban J connectivity index is 3.08. The van der Waals surface area contributed by atoms with Crippen LogP contribution in [0.4, 0.5) is 0 Å². The van der Waals surface area contributed by atoms with E-state index in [1.165, 1.54) is 14.2 Å². The van der Waals surface area contributed by atoms with Crippen molar-refractivity contribution in [2.75, 3.05) is 14.2 Å². The van der Waals surface area contributed by atoms with Crippen LogP contribution in [0, 0.1) is 5.41 Å². The van der Waals surface area contributed by atoms with E-state index in [1.807, 2.05) is 33.8 Å². The summed E-state index contributed by atoms with van der Waals surface area (Å²) in [5.74, 6) is -1.15. The highest BCUT2D eigenvalue weighted by molar-refractivity contribution is 6.00. The fraction of sp³-hybridized carbons (Fsp3) is 0.733. The maximum atomic E-state index is 12.2. The number of allylic oxidation sites excluding steroid dienone is 2. The first-order valence-electron chi connectivity index (χ1n) is 6.67. The Hall–Kier alpha value is -1.36. The lowest BCUT2D eigenvalue weighted by Gasteiger charge is -2.27. The van der Waals surface area contributed by atoms with E-state index >= 15 is 0 Å². The van der Waals surface area contributed by atoms with Crippen molar-refractivity contribution in [3.63, 3.8) is 0 Å². The molecule has 1 atom stereocenters. The molecule has 5 heteroatoms. The second kappa shape index (κ2) is 5.95. The second-order valence-electron chi connectivity index (χ2n) is 5.96. The summed E-state index contributed by atoms with van der Waals surface area (Å²) < 4.78 is 15.2. The molecule has 0 spiro atoms. The zero-order chi connectivity index (χ0) is 15.6. The molecule has 0 radical (unpaired) electrons. The highest BCUT2D eigenvalue weighted by Crippen LogP contribution is 2.45. The number of methoxy groups -OCH3 is 2. The van der Waals surface area contributed by atoms with Gasteiger partial charge in [-0.3, -0.25) is 9.59 Å². The van der Waals surface area contributed by atoms with Crippen LogP contribution in [0.25, 0.3) is 0 Å². The molecule has 0 bridgehead atoms. The number of epoxide rings is 1. The summed E-state index contributed by atoms with van der Waals surface area (Å²) in [5, 5.41) is 0. The molecule has 1 saturated heterocycles. The van der Waals surface area contributed by atoms with E-state index in [0.717, 1.165) is 5.57 Å². The predicted molar refractivity (Wildman–Crippen MR) is 74.1 cm³/mol. The predicted octanol–water partition coefficient (Wildman–Crippen LogP) is 2.24. The zero-order valence-electron chi connectivity index (χ0n) is 13.1. The maximum Gasteiger partial charge on any atom is 0.323 e.